The largest absolute Gasteiger partial charge is 0.500 e. The van der Waals surface area contributed by atoms with Crippen molar-refractivity contribution in [3.8, 4) is 11.5 Å². The summed E-state index contributed by atoms with van der Waals surface area (Å²) in [5.74, 6) is -0.269. The normalized spacial score (nSPS) is 15.9. The summed E-state index contributed by atoms with van der Waals surface area (Å²) < 4.78 is 5.07. The van der Waals surface area contributed by atoms with Gasteiger partial charge in [-0.3, -0.25) is 15.0 Å². The number of phenolic OH excluding ortho intramolecular Hbond substituents is 1. The zero-order chi connectivity index (χ0) is 15.4. The molecule has 23 heavy (non-hydrogen) atoms. The van der Waals surface area contributed by atoms with Crippen molar-refractivity contribution in [3.63, 3.8) is 0 Å². The first-order chi connectivity index (χ1) is 10.1. The van der Waals surface area contributed by atoms with Crippen LogP contribution in [0, 0.1) is 10.1 Å². The number of ether oxygens (including phenoxy) is 1. The van der Waals surface area contributed by atoms with Crippen LogP contribution >= 0.6 is 24.8 Å². The summed E-state index contributed by atoms with van der Waals surface area (Å²) in [5, 5.41) is 24.2. The molecule has 0 unspecified atom stereocenters. The van der Waals surface area contributed by atoms with E-state index in [-0.39, 0.29) is 42.3 Å². The molecule has 2 N–H and O–H groups in total. The molecule has 0 spiro atoms. The summed E-state index contributed by atoms with van der Waals surface area (Å²) in [7, 11) is 1.40. The highest BCUT2D eigenvalue weighted by molar-refractivity contribution is 5.85. The van der Waals surface area contributed by atoms with E-state index in [0.717, 1.165) is 38.2 Å². The van der Waals surface area contributed by atoms with Gasteiger partial charge in [-0.15, -0.1) is 24.8 Å². The third-order valence-electron chi connectivity index (χ3n) is 3.86. The number of methoxy groups -OCH3 is 1. The number of aromatic hydroxyl groups is 1. The predicted octanol–water partition coefficient (Wildman–Crippen LogP) is 2.51. The van der Waals surface area contributed by atoms with E-state index in [0.29, 0.717) is 0 Å². The second-order valence-electron chi connectivity index (χ2n) is 5.06. The van der Waals surface area contributed by atoms with Gasteiger partial charge in [0.15, 0.2) is 5.75 Å². The molecule has 1 atom stereocenters. The number of piperazine rings is 1. The highest BCUT2D eigenvalue weighted by atomic mass is 35.5. The van der Waals surface area contributed by atoms with E-state index in [1.807, 2.05) is 0 Å². The number of nitro benzene ring substituents is 1. The first-order valence-corrected chi connectivity index (χ1v) is 7.08. The molecule has 0 bridgehead atoms. The third-order valence-corrected chi connectivity index (χ3v) is 3.86. The van der Waals surface area contributed by atoms with Crippen molar-refractivity contribution in [2.45, 2.75) is 19.4 Å². The summed E-state index contributed by atoms with van der Waals surface area (Å²) in [6.07, 6.45) is 0.838. The average molecular weight is 368 g/mol. The topological polar surface area (TPSA) is 87.9 Å². The third kappa shape index (κ3) is 4.84. The predicted molar refractivity (Wildman–Crippen MR) is 93.3 cm³/mol. The Morgan fingerprint density at radius 2 is 2.00 bits per heavy atom. The van der Waals surface area contributed by atoms with E-state index in [1.165, 1.54) is 13.2 Å². The number of nitro groups is 1. The highest BCUT2D eigenvalue weighted by Gasteiger charge is 2.26. The van der Waals surface area contributed by atoms with Crippen LogP contribution in [0.25, 0.3) is 0 Å². The number of rotatable bonds is 5. The molecule has 0 radical (unpaired) electrons. The minimum atomic E-state index is -0.578. The summed E-state index contributed by atoms with van der Waals surface area (Å²) in [6, 6.07) is 3.23. The van der Waals surface area contributed by atoms with Gasteiger partial charge in [-0.1, -0.05) is 6.92 Å². The molecule has 0 aliphatic carbocycles. The number of hydrogen-bond acceptors (Lipinski definition) is 6. The van der Waals surface area contributed by atoms with Crippen molar-refractivity contribution in [1.82, 2.24) is 10.2 Å². The Balaban J connectivity index is 0.00000242. The Morgan fingerprint density at radius 3 is 2.48 bits per heavy atom. The van der Waals surface area contributed by atoms with E-state index in [9.17, 15) is 15.2 Å². The van der Waals surface area contributed by atoms with Gasteiger partial charge in [0.1, 0.15) is 0 Å². The maximum absolute atomic E-state index is 11.1. The molecule has 132 valence electrons. The molecule has 9 heteroatoms. The van der Waals surface area contributed by atoms with Gasteiger partial charge in [0.2, 0.25) is 5.75 Å². The van der Waals surface area contributed by atoms with Crippen molar-refractivity contribution in [2.75, 3.05) is 33.3 Å². The molecule has 1 aliphatic heterocycles. The SMILES string of the molecule is CC[C@H](c1cc(OC)c(O)c([N+](=O)[O-])c1)N1CCNCC1.Cl.Cl. The fourth-order valence-corrected chi connectivity index (χ4v) is 2.80. The number of nitrogens with zero attached hydrogens (tertiary/aromatic N) is 2. The molecule has 7 nitrogen and oxygen atoms in total. The van der Waals surface area contributed by atoms with Crippen LogP contribution in [0.5, 0.6) is 11.5 Å². The van der Waals surface area contributed by atoms with Crippen LogP contribution in [0.2, 0.25) is 0 Å². The van der Waals surface area contributed by atoms with Crippen LogP contribution in [-0.2, 0) is 0 Å². The van der Waals surface area contributed by atoms with Gasteiger partial charge >= 0.3 is 5.69 Å². The monoisotopic (exact) mass is 367 g/mol. The lowest BCUT2D eigenvalue weighted by Crippen LogP contribution is -2.45. The highest BCUT2D eigenvalue weighted by Crippen LogP contribution is 2.40. The van der Waals surface area contributed by atoms with E-state index < -0.39 is 10.7 Å². The standard InChI is InChI=1S/C14H21N3O4.2ClH/c1-3-11(16-6-4-15-5-7-16)10-8-12(17(19)20)14(18)13(9-10)21-2;;/h8-9,11,15,18H,3-7H2,1-2H3;2*1H/t11-;;/m1../s1. The van der Waals surface area contributed by atoms with Gasteiger partial charge in [0.25, 0.3) is 0 Å². The fraction of sp³-hybridized carbons (Fsp3) is 0.571. The molecule has 0 saturated carbocycles. The molecule has 2 rings (SSSR count). The molecule has 1 saturated heterocycles. The molecule has 1 heterocycles. The molecule has 1 fully saturated rings. The zero-order valence-electron chi connectivity index (χ0n) is 13.2. The van der Waals surface area contributed by atoms with Crippen LogP contribution in [0.15, 0.2) is 12.1 Å². The molecular formula is C14H23Cl2N3O4. The molecule has 1 aromatic carbocycles. The van der Waals surface area contributed by atoms with Gasteiger partial charge in [-0.2, -0.15) is 0 Å². The number of hydrogen-bond donors (Lipinski definition) is 2. The minimum absolute atomic E-state index is 0. The fourth-order valence-electron chi connectivity index (χ4n) is 2.80. The van der Waals surface area contributed by atoms with Crippen molar-refractivity contribution >= 4 is 30.5 Å². The smallest absolute Gasteiger partial charge is 0.314 e. The number of benzene rings is 1. The van der Waals surface area contributed by atoms with Gasteiger partial charge in [-0.25, -0.2) is 0 Å². The van der Waals surface area contributed by atoms with Crippen LogP contribution in [0.1, 0.15) is 24.9 Å². The van der Waals surface area contributed by atoms with Crippen LogP contribution in [0.3, 0.4) is 0 Å². The lowest BCUT2D eigenvalue weighted by Gasteiger charge is -2.34. The zero-order valence-corrected chi connectivity index (χ0v) is 14.8. The first-order valence-electron chi connectivity index (χ1n) is 7.08. The number of nitrogens with one attached hydrogen (secondary N) is 1. The molecule has 0 amide bonds. The van der Waals surface area contributed by atoms with Crippen LogP contribution in [-0.4, -0.2) is 48.2 Å². The first kappa shape index (κ1) is 21.7. The van der Waals surface area contributed by atoms with Gasteiger partial charge in [0, 0.05) is 38.3 Å². The Hall–Kier alpha value is -1.28. The van der Waals surface area contributed by atoms with E-state index in [2.05, 4.69) is 17.1 Å². The van der Waals surface area contributed by atoms with Crippen molar-refractivity contribution in [1.29, 1.82) is 0 Å². The quantitative estimate of drug-likeness (QED) is 0.613. The van der Waals surface area contributed by atoms with Crippen molar-refractivity contribution in [2.24, 2.45) is 0 Å². The lowest BCUT2D eigenvalue weighted by atomic mass is 10.0. The molecular weight excluding hydrogens is 345 g/mol. The summed E-state index contributed by atoms with van der Waals surface area (Å²) in [6.45, 7) is 5.67. The molecule has 0 aromatic heterocycles. The molecule has 1 aromatic rings. The second-order valence-corrected chi connectivity index (χ2v) is 5.06. The maximum Gasteiger partial charge on any atom is 0.314 e. The number of halogens is 2. The van der Waals surface area contributed by atoms with E-state index in [1.54, 1.807) is 6.07 Å². The van der Waals surface area contributed by atoms with Gasteiger partial charge < -0.3 is 15.2 Å². The summed E-state index contributed by atoms with van der Waals surface area (Å²) in [4.78, 5) is 12.8. The Morgan fingerprint density at radius 1 is 1.39 bits per heavy atom. The van der Waals surface area contributed by atoms with E-state index in [4.69, 9.17) is 4.74 Å². The maximum atomic E-state index is 11.1. The lowest BCUT2D eigenvalue weighted by molar-refractivity contribution is -0.386. The summed E-state index contributed by atoms with van der Waals surface area (Å²) >= 11 is 0. The molecule has 1 aliphatic rings. The summed E-state index contributed by atoms with van der Waals surface area (Å²) in [5.41, 5.74) is 0.499. The van der Waals surface area contributed by atoms with Crippen molar-refractivity contribution < 1.29 is 14.8 Å². The average Bonchev–Trinajstić information content (AvgIpc) is 2.50. The Labute approximate surface area is 148 Å². The minimum Gasteiger partial charge on any atom is -0.500 e. The number of phenols is 1. The van der Waals surface area contributed by atoms with Gasteiger partial charge in [0.05, 0.1) is 12.0 Å². The van der Waals surface area contributed by atoms with Gasteiger partial charge in [-0.05, 0) is 18.1 Å². The van der Waals surface area contributed by atoms with Crippen LogP contribution in [0.4, 0.5) is 5.69 Å². The Bertz CT molecular complexity index is 525. The van der Waals surface area contributed by atoms with E-state index >= 15 is 0 Å². The van der Waals surface area contributed by atoms with Crippen molar-refractivity contribution in [3.05, 3.63) is 27.8 Å². The second kappa shape index (κ2) is 9.77. The van der Waals surface area contributed by atoms with Crippen LogP contribution < -0.4 is 10.1 Å². The Kier molecular flexibility index (Phi) is 9.23.